The number of terminal acetylenes is 1. The quantitative estimate of drug-likeness (QED) is 0.428. The molecule has 0 amide bonds. The van der Waals surface area contributed by atoms with Gasteiger partial charge in [0.2, 0.25) is 0 Å². The highest BCUT2D eigenvalue weighted by atomic mass is 16.5. The first-order valence-electron chi connectivity index (χ1n) is 7.24. The number of hydrogen-bond donors (Lipinski definition) is 0. The highest BCUT2D eigenvalue weighted by molar-refractivity contribution is 5.79. The second-order valence-corrected chi connectivity index (χ2v) is 6.41. The Balaban J connectivity index is 2.76. The molecule has 0 aromatic heterocycles. The summed E-state index contributed by atoms with van der Waals surface area (Å²) in [5.41, 5.74) is 2.13. The number of carbonyl (C=O) groups is 1. The van der Waals surface area contributed by atoms with Gasteiger partial charge in [0.25, 0.3) is 0 Å². The predicted octanol–water partition coefficient (Wildman–Crippen LogP) is 4.13. The Hall–Kier alpha value is -1.49. The van der Waals surface area contributed by atoms with Crippen molar-refractivity contribution in [2.24, 2.45) is 17.3 Å². The summed E-state index contributed by atoms with van der Waals surface area (Å²) in [6.45, 7) is 12.2. The lowest BCUT2D eigenvalue weighted by atomic mass is 10.1. The maximum absolute atomic E-state index is 12.3. The molecule has 0 heterocycles. The van der Waals surface area contributed by atoms with Crippen LogP contribution in [0.15, 0.2) is 23.3 Å². The molecule has 0 saturated heterocycles. The first kappa shape index (κ1) is 16.6. The highest BCUT2D eigenvalue weighted by Crippen LogP contribution is 2.59. The van der Waals surface area contributed by atoms with E-state index in [1.54, 1.807) is 0 Å². The Morgan fingerprint density at radius 1 is 1.40 bits per heavy atom. The van der Waals surface area contributed by atoms with E-state index in [2.05, 4.69) is 39.7 Å². The molecule has 110 valence electrons. The molecule has 1 fully saturated rings. The average molecular weight is 274 g/mol. The standard InChI is InChI=1S/C18H26O2/c1-8-10-13(5)15(9-2)20-17(19)16-14(11-12(3)4)18(16,6)7/h2,10-11,14-16H,8H2,1,3-7H3/t14?,15?,16-/m0/s1. The molecule has 1 rings (SSSR count). The summed E-state index contributed by atoms with van der Waals surface area (Å²) in [5, 5.41) is 0. The molecule has 2 nitrogen and oxygen atoms in total. The van der Waals surface area contributed by atoms with E-state index in [1.165, 1.54) is 5.57 Å². The van der Waals surface area contributed by atoms with E-state index in [1.807, 2.05) is 19.9 Å². The molecule has 0 aromatic rings. The normalized spacial score (nSPS) is 25.4. The number of hydrogen-bond acceptors (Lipinski definition) is 2. The van der Waals surface area contributed by atoms with E-state index in [-0.39, 0.29) is 23.2 Å². The third kappa shape index (κ3) is 3.54. The molecule has 0 bridgehead atoms. The fourth-order valence-electron chi connectivity index (χ4n) is 2.67. The van der Waals surface area contributed by atoms with E-state index >= 15 is 0 Å². The smallest absolute Gasteiger partial charge is 0.311 e. The van der Waals surface area contributed by atoms with Gasteiger partial charge < -0.3 is 4.74 Å². The zero-order chi connectivity index (χ0) is 15.5. The van der Waals surface area contributed by atoms with Crippen molar-refractivity contribution in [1.82, 2.24) is 0 Å². The van der Waals surface area contributed by atoms with Gasteiger partial charge in [-0.25, -0.2) is 0 Å². The molecule has 2 unspecified atom stereocenters. The van der Waals surface area contributed by atoms with E-state index in [0.29, 0.717) is 0 Å². The molecule has 0 aliphatic heterocycles. The lowest BCUT2D eigenvalue weighted by molar-refractivity contribution is -0.147. The van der Waals surface area contributed by atoms with Crippen LogP contribution >= 0.6 is 0 Å². The Kier molecular flexibility index (Phi) is 5.22. The lowest BCUT2D eigenvalue weighted by Crippen LogP contribution is -2.20. The third-order valence-corrected chi connectivity index (χ3v) is 4.00. The highest BCUT2D eigenvalue weighted by Gasteiger charge is 2.61. The first-order valence-corrected chi connectivity index (χ1v) is 7.24. The zero-order valence-corrected chi connectivity index (χ0v) is 13.5. The van der Waals surface area contributed by atoms with Gasteiger partial charge >= 0.3 is 5.97 Å². The van der Waals surface area contributed by atoms with Crippen molar-refractivity contribution in [3.05, 3.63) is 23.3 Å². The summed E-state index contributed by atoms with van der Waals surface area (Å²) >= 11 is 0. The summed E-state index contributed by atoms with van der Waals surface area (Å²) in [6.07, 6.45) is 9.99. The number of carbonyl (C=O) groups excluding carboxylic acids is 1. The van der Waals surface area contributed by atoms with Crippen LogP contribution in [0.3, 0.4) is 0 Å². The minimum absolute atomic E-state index is 0.0319. The molecule has 2 heteroatoms. The average Bonchev–Trinajstić information content (AvgIpc) is 2.86. The molecular weight excluding hydrogens is 248 g/mol. The second-order valence-electron chi connectivity index (χ2n) is 6.41. The van der Waals surface area contributed by atoms with E-state index in [0.717, 1.165) is 12.0 Å². The fourth-order valence-corrected chi connectivity index (χ4v) is 2.67. The van der Waals surface area contributed by atoms with Crippen LogP contribution < -0.4 is 0 Å². The second kappa shape index (κ2) is 6.31. The maximum Gasteiger partial charge on any atom is 0.311 e. The number of allylic oxidation sites excluding steroid dienone is 3. The van der Waals surface area contributed by atoms with Crippen molar-refractivity contribution in [2.75, 3.05) is 0 Å². The van der Waals surface area contributed by atoms with Gasteiger partial charge in [-0.1, -0.05) is 44.4 Å². The van der Waals surface area contributed by atoms with Crippen molar-refractivity contribution in [3.63, 3.8) is 0 Å². The van der Waals surface area contributed by atoms with E-state index in [9.17, 15) is 4.79 Å². The van der Waals surface area contributed by atoms with Crippen molar-refractivity contribution < 1.29 is 9.53 Å². The van der Waals surface area contributed by atoms with E-state index < -0.39 is 6.10 Å². The molecule has 0 N–H and O–H groups in total. The number of rotatable bonds is 5. The van der Waals surface area contributed by atoms with Gasteiger partial charge in [0, 0.05) is 0 Å². The van der Waals surface area contributed by atoms with Crippen LogP contribution in [-0.4, -0.2) is 12.1 Å². The van der Waals surface area contributed by atoms with Crippen LogP contribution in [-0.2, 0) is 9.53 Å². The minimum atomic E-state index is -0.536. The molecule has 1 saturated carbocycles. The predicted molar refractivity (Wildman–Crippen MR) is 83.0 cm³/mol. The summed E-state index contributed by atoms with van der Waals surface area (Å²) in [6, 6.07) is 0. The van der Waals surface area contributed by atoms with Gasteiger partial charge in [-0.05, 0) is 44.1 Å². The Morgan fingerprint density at radius 2 is 2.00 bits per heavy atom. The molecule has 1 aliphatic rings. The van der Waals surface area contributed by atoms with Crippen LogP contribution in [0.2, 0.25) is 0 Å². The van der Waals surface area contributed by atoms with Crippen LogP contribution in [0.5, 0.6) is 0 Å². The van der Waals surface area contributed by atoms with Gasteiger partial charge in [0.05, 0.1) is 5.92 Å². The molecule has 1 aliphatic carbocycles. The molecular formula is C18H26O2. The topological polar surface area (TPSA) is 26.3 Å². The van der Waals surface area contributed by atoms with Crippen LogP contribution in [0.4, 0.5) is 0 Å². The molecule has 0 radical (unpaired) electrons. The van der Waals surface area contributed by atoms with Crippen molar-refractivity contribution in [1.29, 1.82) is 0 Å². The number of esters is 1. The molecule has 0 spiro atoms. The summed E-state index contributed by atoms with van der Waals surface area (Å²) in [7, 11) is 0. The zero-order valence-electron chi connectivity index (χ0n) is 13.5. The molecule has 0 aromatic carbocycles. The van der Waals surface area contributed by atoms with Crippen LogP contribution in [0.1, 0.15) is 48.0 Å². The molecule has 3 atom stereocenters. The Labute approximate surface area is 123 Å². The lowest BCUT2D eigenvalue weighted by Gasteiger charge is -2.13. The van der Waals surface area contributed by atoms with Crippen LogP contribution in [0.25, 0.3) is 0 Å². The Bertz CT molecular complexity index is 470. The van der Waals surface area contributed by atoms with Crippen molar-refractivity contribution >= 4 is 5.97 Å². The SMILES string of the molecule is C#CC(OC(=O)[C@@H]1C(C=C(C)C)C1(C)C)C(C)=CCC. The van der Waals surface area contributed by atoms with Crippen LogP contribution in [0, 0.1) is 29.6 Å². The van der Waals surface area contributed by atoms with E-state index in [4.69, 9.17) is 11.2 Å². The van der Waals surface area contributed by atoms with Gasteiger partial charge in [0.15, 0.2) is 6.10 Å². The maximum atomic E-state index is 12.3. The van der Waals surface area contributed by atoms with Gasteiger partial charge in [-0.15, -0.1) is 6.42 Å². The summed E-state index contributed by atoms with van der Waals surface area (Å²) in [5.74, 6) is 2.56. The molecule has 20 heavy (non-hydrogen) atoms. The minimum Gasteiger partial charge on any atom is -0.444 e. The number of ether oxygens (including phenoxy) is 1. The van der Waals surface area contributed by atoms with Crippen molar-refractivity contribution in [3.8, 4) is 12.3 Å². The summed E-state index contributed by atoms with van der Waals surface area (Å²) < 4.78 is 5.51. The van der Waals surface area contributed by atoms with Crippen molar-refractivity contribution in [2.45, 2.75) is 54.1 Å². The Morgan fingerprint density at radius 3 is 2.45 bits per heavy atom. The van der Waals surface area contributed by atoms with Gasteiger partial charge in [-0.2, -0.15) is 0 Å². The first-order chi connectivity index (χ1) is 9.25. The largest absolute Gasteiger partial charge is 0.444 e. The monoisotopic (exact) mass is 274 g/mol. The van der Waals surface area contributed by atoms with Gasteiger partial charge in [-0.3, -0.25) is 4.79 Å². The third-order valence-electron chi connectivity index (χ3n) is 4.00. The summed E-state index contributed by atoms with van der Waals surface area (Å²) in [4.78, 5) is 12.3. The van der Waals surface area contributed by atoms with Gasteiger partial charge in [0.1, 0.15) is 0 Å². The fraction of sp³-hybridized carbons (Fsp3) is 0.611.